The maximum Gasteiger partial charge on any atom is 0.130 e. The second-order valence-corrected chi connectivity index (χ2v) is 1.45. The third-order valence-electron chi connectivity index (χ3n) is 0.367. The molecular formula is C3H9ClO3. The second kappa shape index (κ2) is 6.17. The summed E-state index contributed by atoms with van der Waals surface area (Å²) in [7, 11) is 0. The normalized spacial score (nSPS) is 12.4. The van der Waals surface area contributed by atoms with Gasteiger partial charge in [-0.2, -0.15) is 0 Å². The quantitative estimate of drug-likeness (QED) is 0.473. The maximum atomic E-state index is 8.16. The molecule has 4 N–H and O–H groups in total. The fourth-order valence-electron chi connectivity index (χ4n) is 0.107. The van der Waals surface area contributed by atoms with E-state index in [2.05, 4.69) is 0 Å². The molecule has 4 heteroatoms. The average molecular weight is 129 g/mol. The Kier molecular flexibility index (Phi) is 9.00. The summed E-state index contributed by atoms with van der Waals surface area (Å²) in [6.07, 6.45) is 0.252. The first-order chi connectivity index (χ1) is 2.77. The van der Waals surface area contributed by atoms with E-state index in [9.17, 15) is 0 Å². The smallest absolute Gasteiger partial charge is 0.130 e. The van der Waals surface area contributed by atoms with Crippen LogP contribution in [0.1, 0.15) is 6.42 Å². The molecule has 0 aliphatic carbocycles. The molecule has 1 atom stereocenters. The minimum Gasteiger partial charge on any atom is -0.412 e. The van der Waals surface area contributed by atoms with Gasteiger partial charge in [-0.3, -0.25) is 0 Å². The SMILES string of the molecule is O.OCCC(O)Cl. The van der Waals surface area contributed by atoms with Crippen LogP contribution in [0.15, 0.2) is 0 Å². The van der Waals surface area contributed by atoms with Gasteiger partial charge in [-0.05, 0) is 0 Å². The van der Waals surface area contributed by atoms with E-state index in [4.69, 9.17) is 21.8 Å². The van der Waals surface area contributed by atoms with Gasteiger partial charge in [0.25, 0.3) is 0 Å². The van der Waals surface area contributed by atoms with Gasteiger partial charge in [0.2, 0.25) is 0 Å². The summed E-state index contributed by atoms with van der Waals surface area (Å²) in [5.74, 6) is 0. The topological polar surface area (TPSA) is 72.0 Å². The first-order valence-corrected chi connectivity index (χ1v) is 2.14. The van der Waals surface area contributed by atoms with Crippen molar-refractivity contribution in [3.63, 3.8) is 0 Å². The molecule has 1 unspecified atom stereocenters. The molecule has 7 heavy (non-hydrogen) atoms. The highest BCUT2D eigenvalue weighted by atomic mass is 35.5. The monoisotopic (exact) mass is 128 g/mol. The van der Waals surface area contributed by atoms with Gasteiger partial charge in [0, 0.05) is 13.0 Å². The van der Waals surface area contributed by atoms with Crippen molar-refractivity contribution < 1.29 is 15.7 Å². The number of rotatable bonds is 2. The first kappa shape index (κ1) is 10.2. The number of halogens is 1. The Labute approximate surface area is 46.8 Å². The minimum atomic E-state index is -0.880. The van der Waals surface area contributed by atoms with Crippen LogP contribution in [-0.2, 0) is 0 Å². The Bertz CT molecular complexity index is 31.4. The van der Waals surface area contributed by atoms with E-state index < -0.39 is 5.56 Å². The summed E-state index contributed by atoms with van der Waals surface area (Å²) in [6, 6.07) is 0. The summed E-state index contributed by atoms with van der Waals surface area (Å²) in [5, 5.41) is 16.2. The zero-order chi connectivity index (χ0) is 4.99. The van der Waals surface area contributed by atoms with Crippen LogP contribution in [0, 0.1) is 0 Å². The van der Waals surface area contributed by atoms with Crippen molar-refractivity contribution in [3.8, 4) is 0 Å². The Morgan fingerprint density at radius 3 is 2.00 bits per heavy atom. The van der Waals surface area contributed by atoms with E-state index in [1.54, 1.807) is 0 Å². The lowest BCUT2D eigenvalue weighted by atomic mass is 10.5. The minimum absolute atomic E-state index is 0. The van der Waals surface area contributed by atoms with Gasteiger partial charge >= 0.3 is 0 Å². The molecule has 0 aliphatic rings. The zero-order valence-electron chi connectivity index (χ0n) is 3.76. The number of hydrogen-bond acceptors (Lipinski definition) is 2. The average Bonchev–Trinajstić information content (AvgIpc) is 1.35. The molecule has 0 rings (SSSR count). The van der Waals surface area contributed by atoms with Crippen molar-refractivity contribution in [2.24, 2.45) is 0 Å². The lowest BCUT2D eigenvalue weighted by Gasteiger charge is -1.92. The number of alkyl halides is 1. The van der Waals surface area contributed by atoms with Crippen molar-refractivity contribution in [1.29, 1.82) is 0 Å². The van der Waals surface area contributed by atoms with Crippen LogP contribution in [0.4, 0.5) is 0 Å². The lowest BCUT2D eigenvalue weighted by molar-refractivity contribution is 0.194. The van der Waals surface area contributed by atoms with Gasteiger partial charge in [-0.15, -0.1) is 0 Å². The molecule has 0 spiro atoms. The predicted molar refractivity (Wildman–Crippen MR) is 27.2 cm³/mol. The van der Waals surface area contributed by atoms with E-state index in [0.717, 1.165) is 0 Å². The molecule has 0 bridgehead atoms. The van der Waals surface area contributed by atoms with Gasteiger partial charge in [-0.25, -0.2) is 0 Å². The van der Waals surface area contributed by atoms with Crippen LogP contribution in [0.5, 0.6) is 0 Å². The van der Waals surface area contributed by atoms with Crippen molar-refractivity contribution in [2.45, 2.75) is 12.0 Å². The maximum absolute atomic E-state index is 8.16. The van der Waals surface area contributed by atoms with Crippen molar-refractivity contribution >= 4 is 11.6 Å². The van der Waals surface area contributed by atoms with Gasteiger partial charge in [0.1, 0.15) is 5.56 Å². The lowest BCUT2D eigenvalue weighted by Crippen LogP contribution is -1.97. The second-order valence-electron chi connectivity index (χ2n) is 0.947. The summed E-state index contributed by atoms with van der Waals surface area (Å²) >= 11 is 4.97. The van der Waals surface area contributed by atoms with E-state index in [1.165, 1.54) is 0 Å². The number of aliphatic hydroxyl groups excluding tert-OH is 2. The molecule has 0 fully saturated rings. The highest BCUT2D eigenvalue weighted by Gasteiger charge is 1.91. The molecule has 0 saturated heterocycles. The van der Waals surface area contributed by atoms with Crippen molar-refractivity contribution in [2.75, 3.05) is 6.61 Å². The standard InChI is InChI=1S/C3H7ClO2.H2O/c4-3(6)1-2-5;/h3,5-6H,1-2H2;1H2. The Hall–Kier alpha value is 0.170. The fourth-order valence-corrected chi connectivity index (χ4v) is 0.204. The summed E-state index contributed by atoms with van der Waals surface area (Å²) in [5.41, 5.74) is -0.880. The van der Waals surface area contributed by atoms with Crippen LogP contribution in [0.25, 0.3) is 0 Å². The van der Waals surface area contributed by atoms with Crippen LogP contribution < -0.4 is 0 Å². The van der Waals surface area contributed by atoms with Crippen molar-refractivity contribution in [1.82, 2.24) is 0 Å². The molecule has 3 nitrogen and oxygen atoms in total. The largest absolute Gasteiger partial charge is 0.412 e. The Morgan fingerprint density at radius 2 is 2.00 bits per heavy atom. The predicted octanol–water partition coefficient (Wildman–Crippen LogP) is -0.899. The summed E-state index contributed by atoms with van der Waals surface area (Å²) < 4.78 is 0. The molecular weight excluding hydrogens is 119 g/mol. The van der Waals surface area contributed by atoms with E-state index in [1.807, 2.05) is 0 Å². The van der Waals surface area contributed by atoms with Gasteiger partial charge in [0.05, 0.1) is 0 Å². The zero-order valence-corrected chi connectivity index (χ0v) is 4.52. The highest BCUT2D eigenvalue weighted by molar-refractivity contribution is 6.19. The molecule has 0 aromatic heterocycles. The third kappa shape index (κ3) is 10.7. The molecule has 0 radical (unpaired) electrons. The van der Waals surface area contributed by atoms with Crippen LogP contribution in [0.3, 0.4) is 0 Å². The van der Waals surface area contributed by atoms with Gasteiger partial charge in [0.15, 0.2) is 0 Å². The number of hydrogen-bond donors (Lipinski definition) is 2. The van der Waals surface area contributed by atoms with Gasteiger partial charge < -0.3 is 15.7 Å². The summed E-state index contributed by atoms with van der Waals surface area (Å²) in [6.45, 7) is -0.0509. The van der Waals surface area contributed by atoms with E-state index >= 15 is 0 Å². The van der Waals surface area contributed by atoms with Gasteiger partial charge in [-0.1, -0.05) is 11.6 Å². The molecule has 46 valence electrons. The number of aliphatic hydroxyl groups is 2. The third-order valence-corrected chi connectivity index (χ3v) is 0.586. The van der Waals surface area contributed by atoms with Crippen LogP contribution in [0.2, 0.25) is 0 Å². The van der Waals surface area contributed by atoms with Crippen LogP contribution in [-0.4, -0.2) is 27.9 Å². The fraction of sp³-hybridized carbons (Fsp3) is 1.00. The van der Waals surface area contributed by atoms with E-state index in [-0.39, 0.29) is 18.5 Å². The van der Waals surface area contributed by atoms with E-state index in [0.29, 0.717) is 0 Å². The Balaban J connectivity index is 0. The highest BCUT2D eigenvalue weighted by Crippen LogP contribution is 1.92. The molecule has 0 saturated carbocycles. The molecule has 0 amide bonds. The molecule has 0 aromatic rings. The molecule has 0 heterocycles. The van der Waals surface area contributed by atoms with Crippen molar-refractivity contribution in [3.05, 3.63) is 0 Å². The van der Waals surface area contributed by atoms with Crippen LogP contribution >= 0.6 is 11.6 Å². The summed E-state index contributed by atoms with van der Waals surface area (Å²) in [4.78, 5) is 0. The molecule has 0 aliphatic heterocycles. The first-order valence-electron chi connectivity index (χ1n) is 1.70. The molecule has 0 aromatic carbocycles. The Morgan fingerprint density at radius 1 is 1.57 bits per heavy atom.